The number of rotatable bonds is 10. The predicted molar refractivity (Wildman–Crippen MR) is 310 cm³/mol. The number of fused-ring (bicyclic) bond motifs is 9. The quantitative estimate of drug-likeness (QED) is 0.135. The van der Waals surface area contributed by atoms with E-state index in [1.165, 1.54) is 86.3 Å². The zero-order chi connectivity index (χ0) is 49.6. The minimum atomic E-state index is -0.288. The lowest BCUT2D eigenvalue weighted by Gasteiger charge is -2.30. The molecule has 0 fully saturated rings. The van der Waals surface area contributed by atoms with Crippen LogP contribution >= 0.6 is 23.5 Å². The molecule has 0 atom stereocenters. The Kier molecular flexibility index (Phi) is 10.8. The standard InChI is InChI=1S/C69H56N2S2/c1-67(2)61-23-15-13-21-55(61)57-37-29-47(41-63(57)67)70(45-25-33-53(34-26-45)72-51-17-9-7-10-18-51)49-31-39-59-60-40-32-50(44-66(60)69(5,6)65(59)43-49)71(46-27-35-54(36-28-46)73-52-19-11-8-12-20-52)48-30-38-58-56-22-14-16-24-62(56)68(3,4)64(58)42-48/h7-44H,1-6H3. The summed E-state index contributed by atoms with van der Waals surface area (Å²) >= 11 is 3.60. The first kappa shape index (κ1) is 45.4. The van der Waals surface area contributed by atoms with Crippen molar-refractivity contribution in [3.05, 3.63) is 264 Å². The highest BCUT2D eigenvalue weighted by atomic mass is 32.2. The number of hydrogen-bond acceptors (Lipinski definition) is 4. The largest absolute Gasteiger partial charge is 0.310 e. The van der Waals surface area contributed by atoms with Crippen molar-refractivity contribution in [3.8, 4) is 33.4 Å². The molecule has 73 heavy (non-hydrogen) atoms. The highest BCUT2D eigenvalue weighted by molar-refractivity contribution is 7.99. The fraction of sp³-hybridized carbons (Fsp3) is 0.130. The van der Waals surface area contributed by atoms with E-state index in [-0.39, 0.29) is 16.2 Å². The molecular weight excluding hydrogens is 921 g/mol. The van der Waals surface area contributed by atoms with Crippen molar-refractivity contribution in [2.45, 2.75) is 77.4 Å². The average Bonchev–Trinajstić information content (AvgIpc) is 3.90. The van der Waals surface area contributed by atoms with Gasteiger partial charge in [0.25, 0.3) is 0 Å². The first-order chi connectivity index (χ1) is 35.4. The molecule has 2 nitrogen and oxygen atoms in total. The third kappa shape index (κ3) is 7.56. The highest BCUT2D eigenvalue weighted by Gasteiger charge is 2.40. The van der Waals surface area contributed by atoms with E-state index in [2.05, 4.69) is 282 Å². The van der Waals surface area contributed by atoms with Crippen LogP contribution in [0, 0.1) is 0 Å². The van der Waals surface area contributed by atoms with Gasteiger partial charge in [0.2, 0.25) is 0 Å². The van der Waals surface area contributed by atoms with E-state index in [1.54, 1.807) is 23.5 Å². The Bertz CT molecular complexity index is 3510. The van der Waals surface area contributed by atoms with Crippen LogP contribution in [0.3, 0.4) is 0 Å². The molecule has 3 aliphatic carbocycles. The van der Waals surface area contributed by atoms with Crippen molar-refractivity contribution in [1.29, 1.82) is 0 Å². The lowest BCUT2D eigenvalue weighted by Crippen LogP contribution is -2.18. The third-order valence-electron chi connectivity index (χ3n) is 16.0. The van der Waals surface area contributed by atoms with Crippen molar-refractivity contribution in [2.75, 3.05) is 9.80 Å². The lowest BCUT2D eigenvalue weighted by atomic mass is 9.81. The summed E-state index contributed by atoms with van der Waals surface area (Å²) in [6, 6.07) is 86.0. The van der Waals surface area contributed by atoms with Crippen LogP contribution in [-0.4, -0.2) is 0 Å². The highest BCUT2D eigenvalue weighted by Crippen LogP contribution is 2.56. The van der Waals surface area contributed by atoms with E-state index < -0.39 is 0 Å². The number of hydrogen-bond donors (Lipinski definition) is 0. The Balaban J connectivity index is 0.902. The van der Waals surface area contributed by atoms with Crippen LogP contribution in [0.15, 0.2) is 250 Å². The van der Waals surface area contributed by atoms with Gasteiger partial charge in [0.15, 0.2) is 0 Å². The topological polar surface area (TPSA) is 6.48 Å². The van der Waals surface area contributed by atoms with Gasteiger partial charge in [-0.25, -0.2) is 0 Å². The molecule has 0 aromatic heterocycles. The van der Waals surface area contributed by atoms with Gasteiger partial charge in [0.1, 0.15) is 0 Å². The van der Waals surface area contributed by atoms with Crippen molar-refractivity contribution in [2.24, 2.45) is 0 Å². The summed E-state index contributed by atoms with van der Waals surface area (Å²) in [4.78, 5) is 9.83. The van der Waals surface area contributed by atoms with Crippen LogP contribution in [0.2, 0.25) is 0 Å². The Morgan fingerprint density at radius 3 is 0.808 bits per heavy atom. The van der Waals surface area contributed by atoms with Crippen LogP contribution in [0.1, 0.15) is 74.9 Å². The molecule has 0 bridgehead atoms. The zero-order valence-electron chi connectivity index (χ0n) is 42.2. The molecule has 354 valence electrons. The maximum atomic E-state index is 2.47. The summed E-state index contributed by atoms with van der Waals surface area (Å²) in [6.07, 6.45) is 0. The molecule has 3 aliphatic rings. The van der Waals surface area contributed by atoms with Crippen LogP contribution < -0.4 is 9.80 Å². The van der Waals surface area contributed by atoms with Crippen molar-refractivity contribution in [1.82, 2.24) is 0 Å². The van der Waals surface area contributed by atoms with E-state index in [4.69, 9.17) is 0 Å². The van der Waals surface area contributed by atoms with Gasteiger partial charge in [0, 0.05) is 70.0 Å². The molecule has 0 saturated heterocycles. The van der Waals surface area contributed by atoms with E-state index in [9.17, 15) is 0 Å². The monoisotopic (exact) mass is 976 g/mol. The average molecular weight is 977 g/mol. The fourth-order valence-electron chi connectivity index (χ4n) is 12.1. The lowest BCUT2D eigenvalue weighted by molar-refractivity contribution is 0.660. The number of nitrogens with zero attached hydrogens (tertiary/aromatic N) is 2. The second-order valence-corrected chi connectivity index (χ2v) is 23.7. The van der Waals surface area contributed by atoms with Gasteiger partial charge >= 0.3 is 0 Å². The molecule has 0 spiro atoms. The van der Waals surface area contributed by atoms with Crippen LogP contribution in [0.4, 0.5) is 34.1 Å². The molecule has 0 unspecified atom stereocenters. The Labute approximate surface area is 439 Å². The van der Waals surface area contributed by atoms with Crippen LogP contribution in [0.25, 0.3) is 33.4 Å². The van der Waals surface area contributed by atoms with Gasteiger partial charge in [-0.3, -0.25) is 0 Å². The first-order valence-electron chi connectivity index (χ1n) is 25.5. The maximum absolute atomic E-state index is 2.47. The predicted octanol–water partition coefficient (Wildman–Crippen LogP) is 19.8. The summed E-state index contributed by atoms with van der Waals surface area (Å²) < 4.78 is 0. The number of benzene rings is 10. The summed E-state index contributed by atoms with van der Waals surface area (Å²) in [7, 11) is 0. The fourth-order valence-corrected chi connectivity index (χ4v) is 13.8. The molecule has 0 saturated carbocycles. The van der Waals surface area contributed by atoms with Crippen molar-refractivity contribution in [3.63, 3.8) is 0 Å². The number of anilines is 6. The van der Waals surface area contributed by atoms with Crippen LogP contribution in [0.5, 0.6) is 0 Å². The summed E-state index contributed by atoms with van der Waals surface area (Å²) in [5.41, 5.74) is 22.4. The van der Waals surface area contributed by atoms with Crippen molar-refractivity contribution >= 4 is 57.6 Å². The molecule has 0 N–H and O–H groups in total. The van der Waals surface area contributed by atoms with E-state index >= 15 is 0 Å². The van der Waals surface area contributed by atoms with Crippen molar-refractivity contribution < 1.29 is 0 Å². The van der Waals surface area contributed by atoms with Gasteiger partial charge in [-0.1, -0.05) is 174 Å². The molecule has 13 rings (SSSR count). The molecule has 4 heteroatoms. The normalized spacial score (nSPS) is 14.6. The molecule has 10 aromatic carbocycles. The molecular formula is C69H56N2S2. The minimum Gasteiger partial charge on any atom is -0.310 e. The summed E-state index contributed by atoms with van der Waals surface area (Å²) in [5, 5.41) is 0. The SMILES string of the molecule is CC1(C)c2ccccc2-c2ccc(N(c3ccc(Sc4ccccc4)cc3)c3ccc4c(c3)C(C)(C)c3cc(N(c5ccc(Sc6ccccc6)cc5)c5ccc6c(c5)C(C)(C)c5ccccc5-6)ccc3-4)cc21. The second kappa shape index (κ2) is 17.3. The molecule has 0 heterocycles. The van der Waals surface area contributed by atoms with E-state index in [0.717, 1.165) is 34.1 Å². The minimum absolute atomic E-state index is 0.124. The second-order valence-electron chi connectivity index (χ2n) is 21.4. The maximum Gasteiger partial charge on any atom is 0.0465 e. The van der Waals surface area contributed by atoms with E-state index in [0.29, 0.717) is 0 Å². The Morgan fingerprint density at radius 1 is 0.233 bits per heavy atom. The molecule has 0 amide bonds. The summed E-state index contributed by atoms with van der Waals surface area (Å²) in [5.74, 6) is 0. The smallest absolute Gasteiger partial charge is 0.0465 e. The van der Waals surface area contributed by atoms with Gasteiger partial charge in [-0.15, -0.1) is 0 Å². The van der Waals surface area contributed by atoms with Gasteiger partial charge in [-0.05, 0) is 188 Å². The van der Waals surface area contributed by atoms with Gasteiger partial charge in [-0.2, -0.15) is 0 Å². The molecule has 0 radical (unpaired) electrons. The van der Waals surface area contributed by atoms with Crippen LogP contribution in [-0.2, 0) is 16.2 Å². The Morgan fingerprint density at radius 2 is 0.479 bits per heavy atom. The first-order valence-corrected chi connectivity index (χ1v) is 27.1. The van der Waals surface area contributed by atoms with Gasteiger partial charge < -0.3 is 9.80 Å². The third-order valence-corrected chi connectivity index (χ3v) is 18.0. The van der Waals surface area contributed by atoms with E-state index in [1.807, 2.05) is 0 Å². The Hall–Kier alpha value is -7.50. The van der Waals surface area contributed by atoms with Gasteiger partial charge in [0.05, 0.1) is 0 Å². The molecule has 0 aliphatic heterocycles. The molecule has 10 aromatic rings. The zero-order valence-corrected chi connectivity index (χ0v) is 43.8. The summed E-state index contributed by atoms with van der Waals surface area (Å²) in [6.45, 7) is 14.3.